The SMILES string of the molecule is CC1CC(C)N(C(=NC2CCCC2)NN)C1. The van der Waals surface area contributed by atoms with Crippen LogP contribution in [0.15, 0.2) is 4.99 Å². The molecule has 4 nitrogen and oxygen atoms in total. The lowest BCUT2D eigenvalue weighted by atomic mass is 10.1. The molecule has 0 bridgehead atoms. The van der Waals surface area contributed by atoms with Crippen molar-refractivity contribution in [3.05, 3.63) is 0 Å². The van der Waals surface area contributed by atoms with Crippen LogP contribution in [-0.2, 0) is 0 Å². The van der Waals surface area contributed by atoms with Crippen molar-refractivity contribution in [3.8, 4) is 0 Å². The Hall–Kier alpha value is -0.770. The van der Waals surface area contributed by atoms with Crippen molar-refractivity contribution in [2.75, 3.05) is 6.54 Å². The fraction of sp³-hybridized carbons (Fsp3) is 0.917. The fourth-order valence-electron chi connectivity index (χ4n) is 3.00. The van der Waals surface area contributed by atoms with Gasteiger partial charge in [0, 0.05) is 12.6 Å². The second-order valence-corrected chi connectivity index (χ2v) is 5.38. The van der Waals surface area contributed by atoms with Crippen LogP contribution in [0, 0.1) is 5.92 Å². The topological polar surface area (TPSA) is 53.6 Å². The van der Waals surface area contributed by atoms with Gasteiger partial charge >= 0.3 is 0 Å². The lowest BCUT2D eigenvalue weighted by molar-refractivity contribution is 0.392. The molecule has 1 saturated heterocycles. The largest absolute Gasteiger partial charge is 0.339 e. The lowest BCUT2D eigenvalue weighted by Gasteiger charge is -2.25. The van der Waals surface area contributed by atoms with Crippen LogP contribution in [0.5, 0.6) is 0 Å². The van der Waals surface area contributed by atoms with Crippen molar-refractivity contribution >= 4 is 5.96 Å². The molecule has 1 aliphatic heterocycles. The standard InChI is InChI=1S/C12H24N4/c1-9-7-10(2)16(8-9)12(15-13)14-11-5-3-4-6-11/h9-11H,3-8,13H2,1-2H3,(H,14,15). The molecule has 0 spiro atoms. The quantitative estimate of drug-likeness (QED) is 0.307. The highest BCUT2D eigenvalue weighted by atomic mass is 15.4. The van der Waals surface area contributed by atoms with E-state index in [1.807, 2.05) is 0 Å². The first-order valence-corrected chi connectivity index (χ1v) is 6.51. The van der Waals surface area contributed by atoms with Crippen LogP contribution < -0.4 is 11.3 Å². The van der Waals surface area contributed by atoms with E-state index in [-0.39, 0.29) is 0 Å². The molecule has 0 radical (unpaired) electrons. The molecule has 2 fully saturated rings. The average molecular weight is 224 g/mol. The highest BCUT2D eigenvalue weighted by molar-refractivity contribution is 5.80. The van der Waals surface area contributed by atoms with Crippen LogP contribution >= 0.6 is 0 Å². The van der Waals surface area contributed by atoms with Gasteiger partial charge in [0.05, 0.1) is 6.04 Å². The van der Waals surface area contributed by atoms with Crippen LogP contribution in [0.1, 0.15) is 46.0 Å². The molecule has 0 aromatic carbocycles. The van der Waals surface area contributed by atoms with Crippen LogP contribution in [0.3, 0.4) is 0 Å². The maximum Gasteiger partial charge on any atom is 0.208 e. The van der Waals surface area contributed by atoms with Crippen molar-refractivity contribution in [1.82, 2.24) is 10.3 Å². The number of likely N-dealkylation sites (tertiary alicyclic amines) is 1. The summed E-state index contributed by atoms with van der Waals surface area (Å²) in [5.74, 6) is 7.27. The van der Waals surface area contributed by atoms with Crippen molar-refractivity contribution in [1.29, 1.82) is 0 Å². The average Bonchev–Trinajstić information content (AvgIpc) is 2.85. The first-order chi connectivity index (χ1) is 7.70. The third kappa shape index (κ3) is 2.48. The normalized spacial score (nSPS) is 32.4. The van der Waals surface area contributed by atoms with E-state index in [1.54, 1.807) is 0 Å². The second kappa shape index (κ2) is 5.04. The van der Waals surface area contributed by atoms with Crippen molar-refractivity contribution in [3.63, 3.8) is 0 Å². The zero-order valence-electron chi connectivity index (χ0n) is 10.4. The number of hydrazine groups is 1. The summed E-state index contributed by atoms with van der Waals surface area (Å²) in [4.78, 5) is 7.09. The first kappa shape index (κ1) is 11.7. The summed E-state index contributed by atoms with van der Waals surface area (Å²) in [6, 6.07) is 1.06. The number of nitrogens with two attached hydrogens (primary N) is 1. The van der Waals surface area contributed by atoms with Gasteiger partial charge in [-0.1, -0.05) is 19.8 Å². The van der Waals surface area contributed by atoms with Gasteiger partial charge in [-0.15, -0.1) is 0 Å². The summed E-state index contributed by atoms with van der Waals surface area (Å²) in [5, 5.41) is 0. The molecule has 0 amide bonds. The lowest BCUT2D eigenvalue weighted by Crippen LogP contribution is -2.47. The zero-order chi connectivity index (χ0) is 11.5. The molecule has 92 valence electrons. The van der Waals surface area contributed by atoms with Gasteiger partial charge in [0.25, 0.3) is 0 Å². The van der Waals surface area contributed by atoms with Gasteiger partial charge in [0.15, 0.2) is 0 Å². The number of nitrogens with zero attached hydrogens (tertiary/aromatic N) is 2. The summed E-state index contributed by atoms with van der Waals surface area (Å²) in [5.41, 5.74) is 2.80. The summed E-state index contributed by atoms with van der Waals surface area (Å²) in [7, 11) is 0. The predicted molar refractivity (Wildman–Crippen MR) is 67.0 cm³/mol. The minimum Gasteiger partial charge on any atom is -0.339 e. The van der Waals surface area contributed by atoms with E-state index < -0.39 is 0 Å². The molecule has 1 saturated carbocycles. The van der Waals surface area contributed by atoms with Crippen LogP contribution in [-0.4, -0.2) is 29.5 Å². The molecular weight excluding hydrogens is 200 g/mol. The molecule has 16 heavy (non-hydrogen) atoms. The number of rotatable bonds is 1. The van der Waals surface area contributed by atoms with E-state index in [4.69, 9.17) is 10.8 Å². The summed E-state index contributed by atoms with van der Waals surface area (Å²) in [6.45, 7) is 5.63. The van der Waals surface area contributed by atoms with E-state index in [2.05, 4.69) is 24.2 Å². The molecule has 2 aliphatic rings. The number of hydrogen-bond acceptors (Lipinski definition) is 2. The summed E-state index contributed by atoms with van der Waals surface area (Å²) < 4.78 is 0. The number of guanidine groups is 1. The van der Waals surface area contributed by atoms with Crippen LogP contribution in [0.4, 0.5) is 0 Å². The van der Waals surface area contributed by atoms with Gasteiger partial charge in [-0.3, -0.25) is 5.43 Å². The van der Waals surface area contributed by atoms with Gasteiger partial charge in [-0.2, -0.15) is 0 Å². The van der Waals surface area contributed by atoms with E-state index >= 15 is 0 Å². The first-order valence-electron chi connectivity index (χ1n) is 6.51. The molecule has 0 aromatic heterocycles. The fourth-order valence-corrected chi connectivity index (χ4v) is 3.00. The molecule has 4 heteroatoms. The molecule has 0 aromatic rings. The Morgan fingerprint density at radius 2 is 2.00 bits per heavy atom. The Bertz CT molecular complexity index is 258. The Morgan fingerprint density at radius 3 is 2.50 bits per heavy atom. The van der Waals surface area contributed by atoms with Gasteiger partial charge in [0.1, 0.15) is 0 Å². The predicted octanol–water partition coefficient (Wildman–Crippen LogP) is 1.48. The number of nitrogens with one attached hydrogen (secondary N) is 1. The Kier molecular flexibility index (Phi) is 3.69. The molecule has 3 N–H and O–H groups in total. The molecule has 1 aliphatic carbocycles. The van der Waals surface area contributed by atoms with Crippen molar-refractivity contribution in [2.24, 2.45) is 16.8 Å². The Morgan fingerprint density at radius 1 is 1.31 bits per heavy atom. The number of aliphatic imine (C=N–C) groups is 1. The molecule has 2 atom stereocenters. The highest BCUT2D eigenvalue weighted by Gasteiger charge is 2.29. The molecule has 2 unspecified atom stereocenters. The minimum absolute atomic E-state index is 0.495. The monoisotopic (exact) mass is 224 g/mol. The molecular formula is C12H24N4. The van der Waals surface area contributed by atoms with Crippen molar-refractivity contribution < 1.29 is 0 Å². The maximum atomic E-state index is 5.62. The minimum atomic E-state index is 0.495. The van der Waals surface area contributed by atoms with E-state index in [0.29, 0.717) is 12.1 Å². The Balaban J connectivity index is 2.03. The van der Waals surface area contributed by atoms with Gasteiger partial charge in [0.2, 0.25) is 5.96 Å². The smallest absolute Gasteiger partial charge is 0.208 e. The molecule has 2 rings (SSSR count). The third-order valence-corrected chi connectivity index (χ3v) is 3.81. The van der Waals surface area contributed by atoms with E-state index in [0.717, 1.165) is 18.4 Å². The van der Waals surface area contributed by atoms with E-state index in [1.165, 1.54) is 32.1 Å². The van der Waals surface area contributed by atoms with Crippen molar-refractivity contribution in [2.45, 2.75) is 58.0 Å². The highest BCUT2D eigenvalue weighted by Crippen LogP contribution is 2.24. The van der Waals surface area contributed by atoms with Crippen LogP contribution in [0.25, 0.3) is 0 Å². The summed E-state index contributed by atoms with van der Waals surface area (Å²) in [6.07, 6.45) is 6.33. The third-order valence-electron chi connectivity index (χ3n) is 3.81. The Labute approximate surface area is 98.3 Å². The second-order valence-electron chi connectivity index (χ2n) is 5.38. The maximum absolute atomic E-state index is 5.62. The van der Waals surface area contributed by atoms with Crippen LogP contribution in [0.2, 0.25) is 0 Å². The van der Waals surface area contributed by atoms with Gasteiger partial charge in [-0.25, -0.2) is 10.8 Å². The van der Waals surface area contributed by atoms with Gasteiger partial charge < -0.3 is 4.90 Å². The summed E-state index contributed by atoms with van der Waals surface area (Å²) >= 11 is 0. The van der Waals surface area contributed by atoms with E-state index in [9.17, 15) is 0 Å². The number of hydrogen-bond donors (Lipinski definition) is 2. The molecule has 1 heterocycles. The van der Waals surface area contributed by atoms with Gasteiger partial charge in [-0.05, 0) is 32.1 Å². The zero-order valence-corrected chi connectivity index (χ0v) is 10.4.